The molecule has 0 N–H and O–H groups in total. The molecule has 0 saturated carbocycles. The van der Waals surface area contributed by atoms with Crippen molar-refractivity contribution in [2.45, 2.75) is 19.9 Å². The fraction of sp³-hybridized carbons (Fsp3) is 0.250. The normalized spacial score (nSPS) is 10.2. The first-order chi connectivity index (χ1) is 7.74. The highest BCUT2D eigenvalue weighted by molar-refractivity contribution is 5.77. The van der Waals surface area contributed by atoms with Crippen molar-refractivity contribution in [1.29, 1.82) is 5.26 Å². The van der Waals surface area contributed by atoms with Gasteiger partial charge in [-0.2, -0.15) is 5.26 Å². The van der Waals surface area contributed by atoms with Crippen molar-refractivity contribution in [3.8, 4) is 6.07 Å². The smallest absolute Gasteiger partial charge is 0.261 e. The third-order valence-electron chi connectivity index (χ3n) is 2.50. The Kier molecular flexibility index (Phi) is 2.69. The number of para-hydroxylation sites is 1. The molecule has 0 saturated heterocycles. The summed E-state index contributed by atoms with van der Waals surface area (Å²) >= 11 is 0. The molecule has 0 amide bonds. The largest absolute Gasteiger partial charge is 0.295 e. The number of aromatic nitrogens is 2. The molecule has 0 aliphatic rings. The first kappa shape index (κ1) is 10.4. The van der Waals surface area contributed by atoms with Gasteiger partial charge in [0.1, 0.15) is 5.82 Å². The molecule has 2 rings (SSSR count). The lowest BCUT2D eigenvalue weighted by Crippen LogP contribution is -2.23. The van der Waals surface area contributed by atoms with Crippen LogP contribution in [0.4, 0.5) is 0 Å². The number of nitrogens with zero attached hydrogens (tertiary/aromatic N) is 3. The molecular formula is C12H11N3O. The van der Waals surface area contributed by atoms with Crippen LogP contribution in [0.2, 0.25) is 0 Å². The Hall–Kier alpha value is -2.15. The van der Waals surface area contributed by atoms with Crippen LogP contribution < -0.4 is 5.56 Å². The molecule has 4 nitrogen and oxygen atoms in total. The van der Waals surface area contributed by atoms with Gasteiger partial charge in [-0.1, -0.05) is 12.1 Å². The van der Waals surface area contributed by atoms with Gasteiger partial charge in [0, 0.05) is 6.54 Å². The lowest BCUT2D eigenvalue weighted by atomic mass is 10.2. The minimum Gasteiger partial charge on any atom is -0.295 e. The topological polar surface area (TPSA) is 58.7 Å². The van der Waals surface area contributed by atoms with Gasteiger partial charge in [0.25, 0.3) is 5.56 Å². The quantitative estimate of drug-likeness (QED) is 0.761. The number of hydrogen-bond acceptors (Lipinski definition) is 3. The Labute approximate surface area is 92.8 Å². The molecule has 0 spiro atoms. The van der Waals surface area contributed by atoms with Gasteiger partial charge in [-0.3, -0.25) is 9.36 Å². The van der Waals surface area contributed by atoms with Crippen LogP contribution in [0.3, 0.4) is 0 Å². The molecule has 0 unspecified atom stereocenters. The number of benzene rings is 1. The van der Waals surface area contributed by atoms with Crippen molar-refractivity contribution in [1.82, 2.24) is 9.55 Å². The molecule has 0 fully saturated rings. The van der Waals surface area contributed by atoms with Crippen molar-refractivity contribution >= 4 is 10.9 Å². The fourth-order valence-electron chi connectivity index (χ4n) is 1.70. The van der Waals surface area contributed by atoms with Crippen LogP contribution in [-0.2, 0) is 6.54 Å². The molecule has 1 aromatic carbocycles. The molecule has 80 valence electrons. The fourth-order valence-corrected chi connectivity index (χ4v) is 1.70. The van der Waals surface area contributed by atoms with Gasteiger partial charge >= 0.3 is 0 Å². The summed E-state index contributed by atoms with van der Waals surface area (Å²) in [5.74, 6) is 0.652. The SMILES string of the molecule is Cc1nc2ccccc2c(=O)n1CCC#N. The lowest BCUT2D eigenvalue weighted by molar-refractivity contribution is 0.652. The van der Waals surface area contributed by atoms with E-state index in [0.717, 1.165) is 0 Å². The van der Waals surface area contributed by atoms with Crippen LogP contribution in [0.25, 0.3) is 10.9 Å². The molecule has 0 radical (unpaired) electrons. The highest BCUT2D eigenvalue weighted by Gasteiger charge is 2.06. The van der Waals surface area contributed by atoms with Gasteiger partial charge in [0.15, 0.2) is 0 Å². The minimum absolute atomic E-state index is 0.0710. The van der Waals surface area contributed by atoms with Crippen LogP contribution in [0, 0.1) is 18.3 Å². The molecule has 0 bridgehead atoms. The summed E-state index contributed by atoms with van der Waals surface area (Å²) in [6, 6.07) is 9.28. The van der Waals surface area contributed by atoms with E-state index in [-0.39, 0.29) is 5.56 Å². The van der Waals surface area contributed by atoms with Gasteiger partial charge in [-0.25, -0.2) is 4.98 Å². The maximum Gasteiger partial charge on any atom is 0.261 e. The Morgan fingerprint density at radius 2 is 2.19 bits per heavy atom. The first-order valence-electron chi connectivity index (χ1n) is 5.07. The summed E-state index contributed by atoms with van der Waals surface area (Å²) in [4.78, 5) is 16.4. The Morgan fingerprint density at radius 1 is 1.44 bits per heavy atom. The van der Waals surface area contributed by atoms with Crippen molar-refractivity contribution in [2.75, 3.05) is 0 Å². The summed E-state index contributed by atoms with van der Waals surface area (Å²) in [7, 11) is 0. The van der Waals surface area contributed by atoms with E-state index >= 15 is 0 Å². The van der Waals surface area contributed by atoms with E-state index < -0.39 is 0 Å². The van der Waals surface area contributed by atoms with Gasteiger partial charge in [-0.15, -0.1) is 0 Å². The summed E-state index contributed by atoms with van der Waals surface area (Å²) in [6.45, 7) is 2.18. The first-order valence-corrected chi connectivity index (χ1v) is 5.07. The predicted octanol–water partition coefficient (Wildman–Crippen LogP) is 1.62. The van der Waals surface area contributed by atoms with Crippen LogP contribution in [-0.4, -0.2) is 9.55 Å². The van der Waals surface area contributed by atoms with Crippen LogP contribution in [0.5, 0.6) is 0 Å². The molecule has 1 heterocycles. The van der Waals surface area contributed by atoms with Crippen LogP contribution in [0.1, 0.15) is 12.2 Å². The number of fused-ring (bicyclic) bond motifs is 1. The van der Waals surface area contributed by atoms with Crippen LogP contribution in [0.15, 0.2) is 29.1 Å². The summed E-state index contributed by atoms with van der Waals surface area (Å²) in [5, 5.41) is 9.14. The van der Waals surface area contributed by atoms with Gasteiger partial charge in [0.2, 0.25) is 0 Å². The Morgan fingerprint density at radius 3 is 2.94 bits per heavy atom. The van der Waals surface area contributed by atoms with E-state index in [1.807, 2.05) is 24.3 Å². The second-order valence-corrected chi connectivity index (χ2v) is 3.54. The number of nitriles is 1. The monoisotopic (exact) mass is 213 g/mol. The van der Waals surface area contributed by atoms with E-state index in [0.29, 0.717) is 29.7 Å². The minimum atomic E-state index is -0.0710. The molecule has 0 aliphatic carbocycles. The van der Waals surface area contributed by atoms with Crippen molar-refractivity contribution in [3.05, 3.63) is 40.4 Å². The second-order valence-electron chi connectivity index (χ2n) is 3.54. The zero-order chi connectivity index (χ0) is 11.5. The van der Waals surface area contributed by atoms with E-state index in [2.05, 4.69) is 4.98 Å². The second kappa shape index (κ2) is 4.15. The third kappa shape index (κ3) is 1.68. The standard InChI is InChI=1S/C12H11N3O/c1-9-14-11-6-3-2-5-10(11)12(16)15(9)8-4-7-13/h2-3,5-6H,4,8H2,1H3. The Bertz CT molecular complexity index is 622. The molecular weight excluding hydrogens is 202 g/mol. The number of rotatable bonds is 2. The summed E-state index contributed by atoms with van der Waals surface area (Å²) in [5.41, 5.74) is 0.636. The number of aryl methyl sites for hydroxylation is 1. The average Bonchev–Trinajstić information content (AvgIpc) is 2.29. The van der Waals surface area contributed by atoms with Crippen molar-refractivity contribution in [2.24, 2.45) is 0 Å². The Balaban J connectivity index is 2.67. The van der Waals surface area contributed by atoms with E-state index in [4.69, 9.17) is 5.26 Å². The van der Waals surface area contributed by atoms with Crippen molar-refractivity contribution in [3.63, 3.8) is 0 Å². The van der Waals surface area contributed by atoms with E-state index in [1.54, 1.807) is 17.6 Å². The van der Waals surface area contributed by atoms with Gasteiger partial charge in [-0.05, 0) is 19.1 Å². The summed E-state index contributed by atoms with van der Waals surface area (Å²) < 4.78 is 1.55. The molecule has 1 aromatic heterocycles. The number of hydrogen-bond donors (Lipinski definition) is 0. The maximum absolute atomic E-state index is 12.1. The van der Waals surface area contributed by atoms with Crippen LogP contribution >= 0.6 is 0 Å². The van der Waals surface area contributed by atoms with Crippen molar-refractivity contribution < 1.29 is 0 Å². The molecule has 0 atom stereocenters. The maximum atomic E-state index is 12.1. The highest BCUT2D eigenvalue weighted by Crippen LogP contribution is 2.07. The lowest BCUT2D eigenvalue weighted by Gasteiger charge is -2.08. The zero-order valence-electron chi connectivity index (χ0n) is 8.97. The molecule has 0 aliphatic heterocycles. The van der Waals surface area contributed by atoms with E-state index in [1.165, 1.54) is 0 Å². The summed E-state index contributed by atoms with van der Waals surface area (Å²) in [6.07, 6.45) is 0.320. The zero-order valence-corrected chi connectivity index (χ0v) is 8.97. The highest BCUT2D eigenvalue weighted by atomic mass is 16.1. The molecule has 16 heavy (non-hydrogen) atoms. The molecule has 4 heteroatoms. The average molecular weight is 213 g/mol. The van der Waals surface area contributed by atoms with Gasteiger partial charge < -0.3 is 0 Å². The predicted molar refractivity (Wildman–Crippen MR) is 61.0 cm³/mol. The third-order valence-corrected chi connectivity index (χ3v) is 2.50. The van der Waals surface area contributed by atoms with E-state index in [9.17, 15) is 4.79 Å². The molecule has 2 aromatic rings. The van der Waals surface area contributed by atoms with Gasteiger partial charge in [0.05, 0.1) is 23.4 Å².